The molecule has 0 fully saturated rings. The molecule has 7 heavy (non-hydrogen) atoms. The van der Waals surface area contributed by atoms with Crippen LogP contribution in [0, 0.1) is 0 Å². The van der Waals surface area contributed by atoms with Crippen LogP contribution in [0.4, 0.5) is 0 Å². The summed E-state index contributed by atoms with van der Waals surface area (Å²) in [7, 11) is 0. The number of hydrogen-bond acceptors (Lipinski definition) is 1. The molecule has 0 saturated heterocycles. The van der Waals surface area contributed by atoms with Gasteiger partial charge in [0.15, 0.2) is 0 Å². The van der Waals surface area contributed by atoms with Crippen LogP contribution in [0.2, 0.25) is 0 Å². The highest BCUT2D eigenvalue weighted by molar-refractivity contribution is 7.81. The first-order chi connectivity index (χ1) is 3.27. The molecule has 0 aliphatic heterocycles. The third-order valence-corrected chi connectivity index (χ3v) is 0.822. The Labute approximate surface area is 51.0 Å². The lowest BCUT2D eigenvalue weighted by molar-refractivity contribution is 1.17. The third kappa shape index (κ3) is 6.09. The topological polar surface area (TPSA) is 0 Å². The van der Waals surface area contributed by atoms with E-state index < -0.39 is 0 Å². The van der Waals surface area contributed by atoms with E-state index in [1.807, 2.05) is 0 Å². The largest absolute Gasteiger partial charge is 0.172 e. The summed E-state index contributed by atoms with van der Waals surface area (Å²) in [5, 5.41) is 0.417. The molecule has 0 aromatic carbocycles. The van der Waals surface area contributed by atoms with Crippen LogP contribution in [-0.2, 0) is 0 Å². The lowest BCUT2D eigenvalue weighted by Crippen LogP contribution is -1.78. The van der Waals surface area contributed by atoms with Crippen molar-refractivity contribution in [2.75, 3.05) is 0 Å². The Morgan fingerprint density at radius 2 is 2.29 bits per heavy atom. The molecule has 42 valence electrons. The lowest BCUT2D eigenvalue weighted by Gasteiger charge is -1.88. The fourth-order valence-electron chi connectivity index (χ4n) is 0.333. The first kappa shape index (κ1) is 7.09. The fourth-order valence-corrected chi connectivity index (χ4v) is 0.455. The van der Waals surface area contributed by atoms with Crippen LogP contribution in [0.15, 0.2) is 12.2 Å². The number of hydrogen-bond donors (Lipinski definition) is 1. The molecule has 0 bridgehead atoms. The summed E-state index contributed by atoms with van der Waals surface area (Å²) in [6, 6.07) is 0. The smallest absolute Gasteiger partial charge is 0.0168 e. The molecule has 0 aliphatic carbocycles. The van der Waals surface area contributed by atoms with Crippen molar-refractivity contribution in [2.45, 2.75) is 25.5 Å². The van der Waals surface area contributed by atoms with Gasteiger partial charge in [-0.2, -0.15) is 12.6 Å². The second kappa shape index (κ2) is 4.25. The quantitative estimate of drug-likeness (QED) is 0.415. The Morgan fingerprint density at radius 1 is 1.71 bits per heavy atom. The summed E-state index contributed by atoms with van der Waals surface area (Å²) in [5.74, 6) is 0. The van der Waals surface area contributed by atoms with Crippen molar-refractivity contribution in [3.63, 3.8) is 0 Å². The van der Waals surface area contributed by atoms with Crippen LogP contribution in [0.25, 0.3) is 0 Å². The maximum atomic E-state index is 4.15. The third-order valence-electron chi connectivity index (χ3n) is 0.650. The zero-order valence-electron chi connectivity index (χ0n) is 4.89. The van der Waals surface area contributed by atoms with Gasteiger partial charge in [-0.05, 0) is 6.42 Å². The Morgan fingerprint density at radius 3 is 2.43 bits per heavy atom. The first-order valence-electron chi connectivity index (χ1n) is 2.62. The van der Waals surface area contributed by atoms with E-state index in [0.717, 1.165) is 6.42 Å². The van der Waals surface area contributed by atoms with Gasteiger partial charge in [-0.15, -0.1) is 0 Å². The van der Waals surface area contributed by atoms with E-state index in [2.05, 4.69) is 38.6 Å². The molecule has 0 nitrogen and oxygen atoms in total. The molecule has 0 heterocycles. The molecule has 0 amide bonds. The summed E-state index contributed by atoms with van der Waals surface area (Å²) in [4.78, 5) is 0. The minimum Gasteiger partial charge on any atom is -0.172 e. The maximum Gasteiger partial charge on any atom is 0.0168 e. The molecule has 0 radical (unpaired) electrons. The van der Waals surface area contributed by atoms with Crippen molar-refractivity contribution in [3.8, 4) is 0 Å². The van der Waals surface area contributed by atoms with Crippen LogP contribution in [0.5, 0.6) is 0 Å². The van der Waals surface area contributed by atoms with Crippen LogP contribution < -0.4 is 0 Å². The second-order valence-electron chi connectivity index (χ2n) is 1.58. The van der Waals surface area contributed by atoms with E-state index in [9.17, 15) is 0 Å². The average Bonchev–Trinajstić information content (AvgIpc) is 1.61. The lowest BCUT2D eigenvalue weighted by atomic mass is 10.3. The number of rotatable bonds is 2. The number of allylic oxidation sites excluding steroid dienone is 1. The molecule has 1 unspecified atom stereocenters. The van der Waals surface area contributed by atoms with E-state index in [4.69, 9.17) is 0 Å². The molecule has 0 rings (SSSR count). The molecule has 0 aliphatic rings. The van der Waals surface area contributed by atoms with Gasteiger partial charge in [-0.3, -0.25) is 0 Å². The number of thiol groups is 1. The Hall–Kier alpha value is 0.0900. The van der Waals surface area contributed by atoms with Crippen LogP contribution in [0.3, 0.4) is 0 Å². The van der Waals surface area contributed by atoms with Crippen LogP contribution in [-0.4, -0.2) is 5.25 Å². The normalized spacial score (nSPS) is 15.3. The van der Waals surface area contributed by atoms with Gasteiger partial charge in [-0.25, -0.2) is 0 Å². The van der Waals surface area contributed by atoms with E-state index in [1.54, 1.807) is 0 Å². The van der Waals surface area contributed by atoms with E-state index in [0.29, 0.717) is 5.25 Å². The predicted octanol–water partition coefficient (Wildman–Crippen LogP) is 2.27. The molecular weight excluding hydrogens is 104 g/mol. The summed E-state index contributed by atoms with van der Waals surface area (Å²) in [5.41, 5.74) is 0. The highest BCUT2D eigenvalue weighted by atomic mass is 32.1. The standard InChI is InChI=1S/C6H12S/c1-3-4-5-6(2)7/h4-7H,3H2,1-2H3/b5-4-. The van der Waals surface area contributed by atoms with Crippen molar-refractivity contribution in [1.29, 1.82) is 0 Å². The molecule has 0 saturated carbocycles. The zero-order chi connectivity index (χ0) is 5.70. The monoisotopic (exact) mass is 116 g/mol. The summed E-state index contributed by atoms with van der Waals surface area (Å²) < 4.78 is 0. The van der Waals surface area contributed by atoms with E-state index in [-0.39, 0.29) is 0 Å². The highest BCUT2D eigenvalue weighted by Crippen LogP contribution is 1.93. The Balaban J connectivity index is 3.08. The van der Waals surface area contributed by atoms with Gasteiger partial charge in [0.05, 0.1) is 0 Å². The van der Waals surface area contributed by atoms with Gasteiger partial charge in [0.1, 0.15) is 0 Å². The van der Waals surface area contributed by atoms with Gasteiger partial charge in [0, 0.05) is 5.25 Å². The van der Waals surface area contributed by atoms with Gasteiger partial charge in [0.2, 0.25) is 0 Å². The van der Waals surface area contributed by atoms with Gasteiger partial charge < -0.3 is 0 Å². The van der Waals surface area contributed by atoms with Gasteiger partial charge in [-0.1, -0.05) is 26.0 Å². The summed E-state index contributed by atoms with van der Waals surface area (Å²) in [6.07, 6.45) is 5.33. The summed E-state index contributed by atoms with van der Waals surface area (Å²) >= 11 is 4.15. The molecular formula is C6H12S. The van der Waals surface area contributed by atoms with E-state index >= 15 is 0 Å². The predicted molar refractivity (Wildman–Crippen MR) is 37.9 cm³/mol. The van der Waals surface area contributed by atoms with Gasteiger partial charge >= 0.3 is 0 Å². The van der Waals surface area contributed by atoms with Crippen LogP contribution >= 0.6 is 12.6 Å². The SMILES string of the molecule is CC/C=C\C(C)S. The maximum absolute atomic E-state index is 4.15. The zero-order valence-corrected chi connectivity index (χ0v) is 5.78. The summed E-state index contributed by atoms with van der Waals surface area (Å²) in [6.45, 7) is 4.17. The second-order valence-corrected chi connectivity index (χ2v) is 2.39. The molecule has 1 heteroatoms. The van der Waals surface area contributed by atoms with Crippen LogP contribution in [0.1, 0.15) is 20.3 Å². The van der Waals surface area contributed by atoms with Crippen molar-refractivity contribution in [2.24, 2.45) is 0 Å². The molecule has 1 atom stereocenters. The first-order valence-corrected chi connectivity index (χ1v) is 3.13. The minimum absolute atomic E-state index is 0.417. The molecule has 0 aromatic heterocycles. The Bertz CT molecular complexity index is 55.2. The van der Waals surface area contributed by atoms with Crippen molar-refractivity contribution < 1.29 is 0 Å². The fraction of sp³-hybridized carbons (Fsp3) is 0.667. The van der Waals surface area contributed by atoms with Gasteiger partial charge in [0.25, 0.3) is 0 Å². The molecule has 0 N–H and O–H groups in total. The van der Waals surface area contributed by atoms with Crippen molar-refractivity contribution >= 4 is 12.6 Å². The van der Waals surface area contributed by atoms with Crippen molar-refractivity contribution in [1.82, 2.24) is 0 Å². The molecule has 0 spiro atoms. The van der Waals surface area contributed by atoms with E-state index in [1.165, 1.54) is 0 Å². The van der Waals surface area contributed by atoms with Crippen molar-refractivity contribution in [3.05, 3.63) is 12.2 Å². The molecule has 0 aromatic rings. The Kier molecular flexibility index (Phi) is 4.31. The minimum atomic E-state index is 0.417. The highest BCUT2D eigenvalue weighted by Gasteiger charge is 1.79. The average molecular weight is 116 g/mol.